The summed E-state index contributed by atoms with van der Waals surface area (Å²) in [4.78, 5) is 16.2. The largest absolute Gasteiger partial charge is 0.328 e. The van der Waals surface area contributed by atoms with Crippen molar-refractivity contribution in [2.24, 2.45) is 0 Å². The SMILES string of the molecule is Cc1ccc(-n2c(C)cc(/C=C3\NC(=S)NC3=O)c2C)nc1. The van der Waals surface area contributed by atoms with E-state index < -0.39 is 0 Å². The van der Waals surface area contributed by atoms with E-state index in [1.54, 1.807) is 0 Å². The molecule has 6 heteroatoms. The lowest BCUT2D eigenvalue weighted by Gasteiger charge is -2.08. The van der Waals surface area contributed by atoms with Crippen molar-refractivity contribution in [3.63, 3.8) is 0 Å². The smallest absolute Gasteiger partial charge is 0.273 e. The third-order valence-electron chi connectivity index (χ3n) is 3.61. The molecule has 3 rings (SSSR count). The number of nitrogens with one attached hydrogen (secondary N) is 2. The topological polar surface area (TPSA) is 59.0 Å². The fraction of sp³-hybridized carbons (Fsp3) is 0.188. The zero-order valence-corrected chi connectivity index (χ0v) is 13.4. The van der Waals surface area contributed by atoms with Gasteiger partial charge in [0.2, 0.25) is 0 Å². The molecule has 5 nitrogen and oxygen atoms in total. The molecule has 1 saturated heterocycles. The number of hydrogen-bond acceptors (Lipinski definition) is 3. The van der Waals surface area contributed by atoms with Crippen LogP contribution in [0.3, 0.4) is 0 Å². The average Bonchev–Trinajstić information content (AvgIpc) is 2.92. The van der Waals surface area contributed by atoms with Gasteiger partial charge in [-0.3, -0.25) is 10.1 Å². The molecule has 22 heavy (non-hydrogen) atoms. The molecule has 0 bridgehead atoms. The number of carbonyl (C=O) groups excluding carboxylic acids is 1. The van der Waals surface area contributed by atoms with Gasteiger partial charge in [-0.05, 0) is 62.3 Å². The van der Waals surface area contributed by atoms with Crippen LogP contribution in [0.5, 0.6) is 0 Å². The van der Waals surface area contributed by atoms with Crippen LogP contribution in [0.25, 0.3) is 11.9 Å². The van der Waals surface area contributed by atoms with E-state index in [0.717, 1.165) is 28.3 Å². The van der Waals surface area contributed by atoms with Gasteiger partial charge < -0.3 is 9.88 Å². The lowest BCUT2D eigenvalue weighted by atomic mass is 10.2. The van der Waals surface area contributed by atoms with Gasteiger partial charge in [-0.15, -0.1) is 0 Å². The predicted molar refractivity (Wildman–Crippen MR) is 89.6 cm³/mol. The van der Waals surface area contributed by atoms with Crippen molar-refractivity contribution in [1.82, 2.24) is 20.2 Å². The molecule has 0 aliphatic carbocycles. The number of aromatic nitrogens is 2. The zero-order valence-electron chi connectivity index (χ0n) is 12.6. The van der Waals surface area contributed by atoms with Gasteiger partial charge in [0.25, 0.3) is 5.91 Å². The minimum absolute atomic E-state index is 0.205. The molecule has 0 atom stereocenters. The normalized spacial score (nSPS) is 16.0. The van der Waals surface area contributed by atoms with Crippen LogP contribution in [0, 0.1) is 20.8 Å². The number of thiocarbonyl (C=S) groups is 1. The summed E-state index contributed by atoms with van der Waals surface area (Å²) in [5, 5.41) is 5.76. The van der Waals surface area contributed by atoms with Crippen molar-refractivity contribution in [1.29, 1.82) is 0 Å². The molecule has 0 aromatic carbocycles. The van der Waals surface area contributed by atoms with E-state index in [1.807, 2.05) is 51.2 Å². The number of carbonyl (C=O) groups is 1. The molecule has 3 heterocycles. The predicted octanol–water partition coefficient (Wildman–Crippen LogP) is 2.14. The second kappa shape index (κ2) is 5.38. The summed E-state index contributed by atoms with van der Waals surface area (Å²) in [6.45, 7) is 6.03. The van der Waals surface area contributed by atoms with Gasteiger partial charge >= 0.3 is 0 Å². The van der Waals surface area contributed by atoms with Gasteiger partial charge in [0, 0.05) is 17.6 Å². The quantitative estimate of drug-likeness (QED) is 0.659. The third kappa shape index (κ3) is 2.53. The van der Waals surface area contributed by atoms with Crippen molar-refractivity contribution in [3.05, 3.63) is 52.6 Å². The number of pyridine rings is 1. The Morgan fingerprint density at radius 3 is 2.59 bits per heavy atom. The fourth-order valence-electron chi connectivity index (χ4n) is 2.52. The Labute approximate surface area is 134 Å². The van der Waals surface area contributed by atoms with Crippen LogP contribution < -0.4 is 10.6 Å². The van der Waals surface area contributed by atoms with Gasteiger partial charge in [-0.1, -0.05) is 6.07 Å². The molecule has 1 aliphatic heterocycles. The fourth-order valence-corrected chi connectivity index (χ4v) is 2.72. The number of hydrogen-bond donors (Lipinski definition) is 2. The highest BCUT2D eigenvalue weighted by Gasteiger charge is 2.21. The minimum atomic E-state index is -0.205. The number of nitrogens with zero attached hydrogens (tertiary/aromatic N) is 2. The van der Waals surface area contributed by atoms with Crippen molar-refractivity contribution in [3.8, 4) is 5.82 Å². The van der Waals surface area contributed by atoms with Gasteiger partial charge in [0.05, 0.1) is 0 Å². The summed E-state index contributed by atoms with van der Waals surface area (Å²) >= 11 is 4.94. The second-order valence-corrected chi connectivity index (χ2v) is 5.73. The molecule has 112 valence electrons. The molecule has 2 N–H and O–H groups in total. The highest BCUT2D eigenvalue weighted by molar-refractivity contribution is 7.80. The standard InChI is InChI=1S/C16H16N4OS/c1-9-4-5-14(17-8-9)20-10(2)6-12(11(20)3)7-13-15(21)19-16(22)18-13/h4-8H,1-3H3,(H2,18,19,21,22)/b13-7-. The number of aryl methyl sites for hydroxylation is 2. The maximum absolute atomic E-state index is 11.8. The average molecular weight is 312 g/mol. The molecule has 2 aromatic rings. The van der Waals surface area contributed by atoms with E-state index >= 15 is 0 Å². The molecule has 0 spiro atoms. The van der Waals surface area contributed by atoms with E-state index in [2.05, 4.69) is 20.2 Å². The first-order valence-electron chi connectivity index (χ1n) is 6.91. The first-order chi connectivity index (χ1) is 10.5. The number of rotatable bonds is 2. The summed E-state index contributed by atoms with van der Waals surface area (Å²) in [5.41, 5.74) is 4.62. The molecule has 0 saturated carbocycles. The second-order valence-electron chi connectivity index (χ2n) is 5.32. The van der Waals surface area contributed by atoms with E-state index in [1.165, 1.54) is 0 Å². The molecule has 2 aromatic heterocycles. The highest BCUT2D eigenvalue weighted by Crippen LogP contribution is 2.22. The van der Waals surface area contributed by atoms with Crippen LogP contribution in [-0.4, -0.2) is 20.6 Å². The lowest BCUT2D eigenvalue weighted by molar-refractivity contribution is -0.115. The summed E-state index contributed by atoms with van der Waals surface area (Å²) in [6, 6.07) is 6.05. The van der Waals surface area contributed by atoms with Crippen LogP contribution >= 0.6 is 12.2 Å². The third-order valence-corrected chi connectivity index (χ3v) is 3.82. The van der Waals surface area contributed by atoms with Gasteiger partial charge in [0.15, 0.2) is 5.11 Å². The first kappa shape index (κ1) is 14.5. The van der Waals surface area contributed by atoms with Gasteiger partial charge in [0.1, 0.15) is 11.5 Å². The Morgan fingerprint density at radius 2 is 2.00 bits per heavy atom. The Kier molecular flexibility index (Phi) is 3.54. The summed E-state index contributed by atoms with van der Waals surface area (Å²) in [6.07, 6.45) is 3.65. The molecule has 0 radical (unpaired) electrons. The van der Waals surface area contributed by atoms with Gasteiger partial charge in [-0.2, -0.15) is 0 Å². The minimum Gasteiger partial charge on any atom is -0.328 e. The lowest BCUT2D eigenvalue weighted by Crippen LogP contribution is -2.21. The molecule has 1 fully saturated rings. The Bertz CT molecular complexity index is 802. The van der Waals surface area contributed by atoms with Crippen LogP contribution in [0.15, 0.2) is 30.1 Å². The maximum atomic E-state index is 11.8. The Balaban J connectivity index is 2.04. The van der Waals surface area contributed by atoms with Gasteiger partial charge in [-0.25, -0.2) is 4.98 Å². The molecule has 1 aliphatic rings. The maximum Gasteiger partial charge on any atom is 0.273 e. The van der Waals surface area contributed by atoms with E-state index in [9.17, 15) is 4.79 Å². The van der Waals surface area contributed by atoms with Crippen LogP contribution in [0.2, 0.25) is 0 Å². The molecule has 0 unspecified atom stereocenters. The van der Waals surface area contributed by atoms with Crippen molar-refractivity contribution in [2.45, 2.75) is 20.8 Å². The van der Waals surface area contributed by atoms with E-state index in [4.69, 9.17) is 12.2 Å². The first-order valence-corrected chi connectivity index (χ1v) is 7.32. The van der Waals surface area contributed by atoms with Crippen LogP contribution in [0.4, 0.5) is 0 Å². The summed E-state index contributed by atoms with van der Waals surface area (Å²) in [7, 11) is 0. The van der Waals surface area contributed by atoms with Crippen molar-refractivity contribution < 1.29 is 4.79 Å². The van der Waals surface area contributed by atoms with E-state index in [0.29, 0.717) is 10.8 Å². The molecular weight excluding hydrogens is 296 g/mol. The number of amides is 1. The Morgan fingerprint density at radius 1 is 1.23 bits per heavy atom. The highest BCUT2D eigenvalue weighted by atomic mass is 32.1. The summed E-state index contributed by atoms with van der Waals surface area (Å²) in [5.74, 6) is 0.660. The van der Waals surface area contributed by atoms with Crippen LogP contribution in [0.1, 0.15) is 22.5 Å². The Hall–Kier alpha value is -2.47. The van der Waals surface area contributed by atoms with Crippen molar-refractivity contribution >= 4 is 29.3 Å². The summed E-state index contributed by atoms with van der Waals surface area (Å²) < 4.78 is 2.07. The molecule has 1 amide bonds. The van der Waals surface area contributed by atoms with E-state index in [-0.39, 0.29) is 5.91 Å². The van der Waals surface area contributed by atoms with Crippen LogP contribution in [-0.2, 0) is 4.79 Å². The molecular formula is C16H16N4OS. The zero-order chi connectivity index (χ0) is 15.9. The van der Waals surface area contributed by atoms with Crippen molar-refractivity contribution in [2.75, 3.05) is 0 Å². The monoisotopic (exact) mass is 312 g/mol.